The molecule has 3 heterocycles. The first-order chi connectivity index (χ1) is 15.7. The lowest BCUT2D eigenvalue weighted by Gasteiger charge is -2.60. The number of nitrogens with one attached hydrogen (secondary N) is 1. The molecule has 1 aliphatic carbocycles. The molecule has 1 aliphatic heterocycles. The van der Waals surface area contributed by atoms with Crippen molar-refractivity contribution in [3.8, 4) is 0 Å². The molecule has 0 amide bonds. The minimum Gasteiger partial charge on any atom is -0.386 e. The maximum atomic E-state index is 15.0. The molecule has 12 heteroatoms. The van der Waals surface area contributed by atoms with E-state index in [9.17, 15) is 17.9 Å². The second-order valence-electron chi connectivity index (χ2n) is 8.38. The predicted molar refractivity (Wildman–Crippen MR) is 126 cm³/mol. The lowest BCUT2D eigenvalue weighted by atomic mass is 9.82. The summed E-state index contributed by atoms with van der Waals surface area (Å²) in [7, 11) is -3.35. The van der Waals surface area contributed by atoms with Crippen molar-refractivity contribution in [2.45, 2.75) is 29.5 Å². The molecule has 174 valence electrons. The molecule has 3 aromatic rings. The molecule has 0 unspecified atom stereocenters. The summed E-state index contributed by atoms with van der Waals surface area (Å²) < 4.78 is 50.3. The van der Waals surface area contributed by atoms with Crippen molar-refractivity contribution in [3.05, 3.63) is 53.2 Å². The number of hydrogen-bond donors (Lipinski definition) is 4. The lowest BCUT2D eigenvalue weighted by Crippen LogP contribution is -2.60. The zero-order valence-corrected chi connectivity index (χ0v) is 18.9. The van der Waals surface area contributed by atoms with Crippen LogP contribution in [0.1, 0.15) is 24.8 Å². The van der Waals surface area contributed by atoms with Crippen LogP contribution in [0, 0.1) is 5.82 Å². The van der Waals surface area contributed by atoms with Crippen LogP contribution < -0.4 is 11.1 Å². The normalized spacial score (nSPS) is 24.2. The van der Waals surface area contributed by atoms with Crippen molar-refractivity contribution < 1.29 is 17.9 Å². The molecule has 1 atom stereocenters. The Morgan fingerprint density at radius 1 is 1.18 bits per heavy atom. The highest BCUT2D eigenvalue weighted by Crippen LogP contribution is 2.66. The highest BCUT2D eigenvalue weighted by Gasteiger charge is 2.59. The third kappa shape index (κ3) is 3.41. The van der Waals surface area contributed by atoms with Gasteiger partial charge in [0, 0.05) is 17.4 Å². The van der Waals surface area contributed by atoms with E-state index in [2.05, 4.69) is 25.3 Å². The van der Waals surface area contributed by atoms with Gasteiger partial charge in [0.25, 0.3) is 0 Å². The Bertz CT molecular complexity index is 1290. The van der Waals surface area contributed by atoms with Gasteiger partial charge < -0.3 is 11.1 Å². The smallest absolute Gasteiger partial charge is 0.160 e. The van der Waals surface area contributed by atoms with E-state index < -0.39 is 39.1 Å². The Morgan fingerprint density at radius 2 is 1.97 bits per heavy atom. The van der Waals surface area contributed by atoms with Crippen molar-refractivity contribution in [1.82, 2.24) is 15.0 Å². The molecule has 5 rings (SSSR count). The minimum atomic E-state index is -3.35. The molecule has 33 heavy (non-hydrogen) atoms. The average Bonchev–Trinajstić information content (AvgIpc) is 2.72. The topological polar surface area (TPSA) is 130 Å². The molecule has 0 saturated heterocycles. The molecule has 8 nitrogen and oxygen atoms in total. The first kappa shape index (κ1) is 22.2. The monoisotopic (exact) mass is 494 g/mol. The Morgan fingerprint density at radius 3 is 2.64 bits per heavy atom. The van der Waals surface area contributed by atoms with E-state index in [1.165, 1.54) is 24.7 Å². The molecule has 0 bridgehead atoms. The first-order valence-electron chi connectivity index (χ1n) is 10.2. The Labute approximate surface area is 194 Å². The van der Waals surface area contributed by atoms with Gasteiger partial charge in [0.05, 0.1) is 16.3 Å². The van der Waals surface area contributed by atoms with Crippen molar-refractivity contribution in [2.24, 2.45) is 10.7 Å². The molecule has 1 aromatic carbocycles. The van der Waals surface area contributed by atoms with Crippen LogP contribution in [0.25, 0.3) is 11.0 Å². The van der Waals surface area contributed by atoms with Crippen LogP contribution in [0.5, 0.6) is 0 Å². The number of amidine groups is 1. The molecule has 1 saturated carbocycles. The number of aromatic nitrogens is 3. The van der Waals surface area contributed by atoms with E-state index >= 15 is 0 Å². The number of aliphatic imine (C=N–C) groups is 1. The Hall–Kier alpha value is -2.60. The standard InChI is InChI=1S/C21H21ClF2N6O2S/c22-12-6-16-17(26-8-12)18(28-11-27-16)29-13-2-3-15(24)14(7-13)20(9-23)10-33(31,32)21(4-1-5-21)19(25)30-20/h2-3,6-8,11,31-32H,1,4-5,9-10H2,(H2,25,30)(H,27,28,29)/t20-/m0/s1. The van der Waals surface area contributed by atoms with Gasteiger partial charge in [-0.1, -0.05) is 11.6 Å². The summed E-state index contributed by atoms with van der Waals surface area (Å²) in [6.45, 7) is -1.14. The highest BCUT2D eigenvalue weighted by molar-refractivity contribution is 8.26. The number of halogens is 3. The number of fused-ring (bicyclic) bond motifs is 1. The molecule has 1 fully saturated rings. The lowest BCUT2D eigenvalue weighted by molar-refractivity contribution is 0.291. The van der Waals surface area contributed by atoms with Crippen LogP contribution in [-0.2, 0) is 5.54 Å². The van der Waals surface area contributed by atoms with Gasteiger partial charge in [-0.3, -0.25) is 14.1 Å². The number of benzene rings is 1. The van der Waals surface area contributed by atoms with Gasteiger partial charge in [-0.15, -0.1) is 0 Å². The molecular formula is C21H21ClF2N6O2S. The highest BCUT2D eigenvalue weighted by atomic mass is 35.5. The quantitative estimate of drug-likeness (QED) is 0.411. The summed E-state index contributed by atoms with van der Waals surface area (Å²) >= 11 is 5.97. The third-order valence-corrected chi connectivity index (χ3v) is 9.38. The second-order valence-corrected chi connectivity index (χ2v) is 11.2. The SMILES string of the molecule is NC1=N[C@](CF)(c2cc(Nc3ncnc4cc(Cl)cnc34)ccc2F)CS(O)(O)C12CCC2. The van der Waals surface area contributed by atoms with E-state index in [4.69, 9.17) is 17.3 Å². The molecule has 1 spiro atoms. The summed E-state index contributed by atoms with van der Waals surface area (Å²) in [4.78, 5) is 16.9. The number of rotatable bonds is 4. The fourth-order valence-corrected chi connectivity index (χ4v) is 7.18. The largest absolute Gasteiger partial charge is 0.386 e. The van der Waals surface area contributed by atoms with E-state index in [1.807, 2.05) is 0 Å². The zero-order valence-electron chi connectivity index (χ0n) is 17.3. The summed E-state index contributed by atoms with van der Waals surface area (Å²) in [5, 5.41) is 3.46. The van der Waals surface area contributed by atoms with Crippen molar-refractivity contribution >= 4 is 50.6 Å². The van der Waals surface area contributed by atoms with Crippen LogP contribution in [0.15, 0.2) is 41.8 Å². The van der Waals surface area contributed by atoms with Gasteiger partial charge in [-0.25, -0.2) is 23.7 Å². The number of pyridine rings is 1. The maximum Gasteiger partial charge on any atom is 0.160 e. The van der Waals surface area contributed by atoms with Crippen molar-refractivity contribution in [3.63, 3.8) is 0 Å². The van der Waals surface area contributed by atoms with Gasteiger partial charge in [0.2, 0.25) is 0 Å². The average molecular weight is 495 g/mol. The van der Waals surface area contributed by atoms with E-state index in [0.29, 0.717) is 40.4 Å². The first-order valence-corrected chi connectivity index (χ1v) is 12.3. The fourth-order valence-electron chi connectivity index (χ4n) is 4.47. The number of nitrogens with zero attached hydrogens (tertiary/aromatic N) is 4. The molecular weight excluding hydrogens is 474 g/mol. The van der Waals surface area contributed by atoms with Crippen LogP contribution in [0.4, 0.5) is 20.3 Å². The number of hydrogen-bond acceptors (Lipinski definition) is 8. The van der Waals surface area contributed by atoms with Crippen LogP contribution in [0.2, 0.25) is 5.02 Å². The second kappa shape index (κ2) is 7.73. The van der Waals surface area contributed by atoms with Gasteiger partial charge in [-0.2, -0.15) is 10.6 Å². The number of anilines is 2. The van der Waals surface area contributed by atoms with Gasteiger partial charge in [0.15, 0.2) is 5.82 Å². The summed E-state index contributed by atoms with van der Waals surface area (Å²) in [6, 6.07) is 5.62. The van der Waals surface area contributed by atoms with Crippen molar-refractivity contribution in [2.75, 3.05) is 17.7 Å². The number of nitrogens with two attached hydrogens (primary N) is 1. The summed E-state index contributed by atoms with van der Waals surface area (Å²) in [5.74, 6) is -0.855. The minimum absolute atomic E-state index is 0.0294. The fraction of sp³-hybridized carbons (Fsp3) is 0.333. The molecule has 2 aromatic heterocycles. The molecule has 2 aliphatic rings. The Balaban J connectivity index is 1.57. The van der Waals surface area contributed by atoms with Crippen LogP contribution in [0.3, 0.4) is 0 Å². The maximum absolute atomic E-state index is 15.0. The van der Waals surface area contributed by atoms with Gasteiger partial charge >= 0.3 is 0 Å². The zero-order chi connectivity index (χ0) is 23.4. The van der Waals surface area contributed by atoms with Crippen LogP contribution >= 0.6 is 22.2 Å². The summed E-state index contributed by atoms with van der Waals surface area (Å²) in [6.07, 6.45) is 4.49. The van der Waals surface area contributed by atoms with Gasteiger partial charge in [0.1, 0.15) is 40.5 Å². The molecule has 0 radical (unpaired) electrons. The number of alkyl halides is 1. The summed E-state index contributed by atoms with van der Waals surface area (Å²) in [5.41, 5.74) is 5.49. The predicted octanol–water partition coefficient (Wildman–Crippen LogP) is 4.77. The van der Waals surface area contributed by atoms with E-state index in [0.717, 1.165) is 12.5 Å². The van der Waals surface area contributed by atoms with Crippen LogP contribution in [-0.4, -0.2) is 47.1 Å². The Kier molecular flexibility index (Phi) is 5.20. The van der Waals surface area contributed by atoms with E-state index in [1.54, 1.807) is 6.07 Å². The third-order valence-electron chi connectivity index (χ3n) is 6.42. The van der Waals surface area contributed by atoms with Crippen molar-refractivity contribution in [1.29, 1.82) is 0 Å². The van der Waals surface area contributed by atoms with Gasteiger partial charge in [-0.05, 0) is 43.5 Å². The van der Waals surface area contributed by atoms with E-state index in [-0.39, 0.29) is 11.4 Å². The molecule has 5 N–H and O–H groups in total.